The first-order valence-electron chi connectivity index (χ1n) is 11.0. The second-order valence-corrected chi connectivity index (χ2v) is 10.7. The normalized spacial score (nSPS) is 51.6. The molecule has 0 aromatic carbocycles. The van der Waals surface area contributed by atoms with Crippen LogP contribution in [-0.2, 0) is 19.1 Å². The number of carbonyl (C=O) groups excluding carboxylic acids is 3. The van der Waals surface area contributed by atoms with E-state index in [1.165, 1.54) is 13.8 Å². The SMILES string of the molecule is CC(=O)O[C@@H]1C[C@H]2[C@@H](CC[C@]3(C)[C@H]2CC[C@]3(O)C(C)=O)[C@]2(C)CCC(=O)C[C@]12O. The summed E-state index contributed by atoms with van der Waals surface area (Å²) in [6.07, 6.45) is 3.56. The van der Waals surface area contributed by atoms with E-state index in [1.807, 2.05) is 6.92 Å². The highest BCUT2D eigenvalue weighted by molar-refractivity contribution is 5.86. The predicted octanol–water partition coefficient (Wildman–Crippen LogP) is 2.57. The molecule has 0 aliphatic heterocycles. The number of hydrogen-bond donors (Lipinski definition) is 2. The molecule has 6 nitrogen and oxygen atoms in total. The quantitative estimate of drug-likeness (QED) is 0.684. The average Bonchev–Trinajstić information content (AvgIpc) is 2.90. The van der Waals surface area contributed by atoms with Crippen LogP contribution < -0.4 is 0 Å². The minimum Gasteiger partial charge on any atom is -0.459 e. The Morgan fingerprint density at radius 3 is 2.24 bits per heavy atom. The van der Waals surface area contributed by atoms with Gasteiger partial charge in [-0.15, -0.1) is 0 Å². The van der Waals surface area contributed by atoms with Crippen molar-refractivity contribution in [1.82, 2.24) is 0 Å². The fourth-order valence-electron chi connectivity index (χ4n) is 7.98. The van der Waals surface area contributed by atoms with E-state index >= 15 is 0 Å². The molecule has 4 aliphatic carbocycles. The largest absolute Gasteiger partial charge is 0.459 e. The highest BCUT2D eigenvalue weighted by atomic mass is 16.6. The molecule has 8 atom stereocenters. The van der Waals surface area contributed by atoms with E-state index in [1.54, 1.807) is 0 Å². The van der Waals surface area contributed by atoms with Gasteiger partial charge in [0, 0.05) is 30.6 Å². The van der Waals surface area contributed by atoms with Crippen LogP contribution in [0, 0.1) is 28.6 Å². The fraction of sp³-hybridized carbons (Fsp3) is 0.870. The van der Waals surface area contributed by atoms with Crippen molar-refractivity contribution in [3.8, 4) is 0 Å². The number of esters is 1. The molecule has 0 heterocycles. The third kappa shape index (κ3) is 2.57. The summed E-state index contributed by atoms with van der Waals surface area (Å²) in [5.41, 5.74) is -3.69. The summed E-state index contributed by atoms with van der Waals surface area (Å²) < 4.78 is 5.64. The van der Waals surface area contributed by atoms with E-state index in [4.69, 9.17) is 4.74 Å². The van der Waals surface area contributed by atoms with Crippen LogP contribution >= 0.6 is 0 Å². The topological polar surface area (TPSA) is 101 Å². The molecule has 2 N–H and O–H groups in total. The van der Waals surface area contributed by atoms with E-state index in [2.05, 4.69) is 6.92 Å². The summed E-state index contributed by atoms with van der Waals surface area (Å²) in [7, 11) is 0. The molecule has 0 spiro atoms. The van der Waals surface area contributed by atoms with E-state index in [0.717, 1.165) is 19.3 Å². The number of ketones is 2. The lowest BCUT2D eigenvalue weighted by Crippen LogP contribution is -2.69. The second kappa shape index (κ2) is 6.36. The Bertz CT molecular complexity index is 762. The molecular formula is C23H34O6. The minimum absolute atomic E-state index is 0.0213. The molecule has 0 aromatic heterocycles. The summed E-state index contributed by atoms with van der Waals surface area (Å²) in [6, 6.07) is 0. The van der Waals surface area contributed by atoms with Crippen LogP contribution in [0.5, 0.6) is 0 Å². The fourth-order valence-corrected chi connectivity index (χ4v) is 7.98. The van der Waals surface area contributed by atoms with Gasteiger partial charge in [-0.25, -0.2) is 0 Å². The van der Waals surface area contributed by atoms with E-state index < -0.39 is 34.1 Å². The maximum absolute atomic E-state index is 12.4. The summed E-state index contributed by atoms with van der Waals surface area (Å²) in [6.45, 7) is 6.92. The number of fused-ring (bicyclic) bond motifs is 5. The summed E-state index contributed by atoms with van der Waals surface area (Å²) in [5.74, 6) is -0.142. The van der Waals surface area contributed by atoms with Crippen molar-refractivity contribution in [2.75, 3.05) is 0 Å². The molecular weight excluding hydrogens is 372 g/mol. The summed E-state index contributed by atoms with van der Waals surface area (Å²) in [5, 5.41) is 23.0. The Balaban J connectivity index is 1.76. The lowest BCUT2D eigenvalue weighted by Gasteiger charge is -2.65. The van der Waals surface area contributed by atoms with Gasteiger partial charge in [0.15, 0.2) is 5.78 Å². The van der Waals surface area contributed by atoms with Crippen LogP contribution in [0.3, 0.4) is 0 Å². The Hall–Kier alpha value is -1.27. The molecule has 29 heavy (non-hydrogen) atoms. The molecule has 4 aliphatic rings. The molecule has 4 saturated carbocycles. The van der Waals surface area contributed by atoms with Crippen LogP contribution in [0.2, 0.25) is 0 Å². The number of Topliss-reactive ketones (excluding diaryl/α,β-unsaturated/α-hetero) is 2. The van der Waals surface area contributed by atoms with Crippen molar-refractivity contribution < 1.29 is 29.3 Å². The zero-order chi connectivity index (χ0) is 21.4. The van der Waals surface area contributed by atoms with Crippen LogP contribution in [0.15, 0.2) is 0 Å². The van der Waals surface area contributed by atoms with Gasteiger partial charge in [0.25, 0.3) is 0 Å². The first-order valence-corrected chi connectivity index (χ1v) is 11.0. The van der Waals surface area contributed by atoms with Crippen molar-refractivity contribution in [3.63, 3.8) is 0 Å². The summed E-state index contributed by atoms with van der Waals surface area (Å²) in [4.78, 5) is 36.5. The van der Waals surface area contributed by atoms with Crippen LogP contribution in [0.1, 0.15) is 79.1 Å². The van der Waals surface area contributed by atoms with E-state index in [0.29, 0.717) is 25.7 Å². The Morgan fingerprint density at radius 1 is 1.00 bits per heavy atom. The van der Waals surface area contributed by atoms with Crippen LogP contribution in [0.25, 0.3) is 0 Å². The standard InChI is InChI=1S/C23H34O6/c1-13(24)22(27)10-7-18-16-11-19(29-14(2)25)23(28)12-15(26)5-8-21(23,4)17(16)6-9-20(18,22)3/h16-19,27-28H,5-12H2,1-4H3/t16-,17+,18-,19+,20+,21-,22-,23-/m0/s1. The van der Waals surface area contributed by atoms with Crippen molar-refractivity contribution >= 4 is 17.5 Å². The number of hydrogen-bond acceptors (Lipinski definition) is 6. The van der Waals surface area contributed by atoms with E-state index in [-0.39, 0.29) is 35.7 Å². The Kier molecular flexibility index (Phi) is 4.60. The van der Waals surface area contributed by atoms with E-state index in [9.17, 15) is 24.6 Å². The Labute approximate surface area is 172 Å². The molecule has 0 saturated heterocycles. The molecule has 0 amide bonds. The molecule has 6 heteroatoms. The lowest BCUT2D eigenvalue weighted by atomic mass is 9.42. The smallest absolute Gasteiger partial charge is 0.303 e. The molecule has 4 rings (SSSR count). The third-order valence-electron chi connectivity index (χ3n) is 9.70. The van der Waals surface area contributed by atoms with Gasteiger partial charge in [-0.05, 0) is 63.2 Å². The maximum Gasteiger partial charge on any atom is 0.303 e. The third-order valence-corrected chi connectivity index (χ3v) is 9.70. The van der Waals surface area contributed by atoms with Gasteiger partial charge in [-0.2, -0.15) is 0 Å². The monoisotopic (exact) mass is 406 g/mol. The van der Waals surface area contributed by atoms with Crippen LogP contribution in [-0.4, -0.2) is 45.1 Å². The maximum atomic E-state index is 12.4. The second-order valence-electron chi connectivity index (χ2n) is 10.7. The van der Waals surface area contributed by atoms with Crippen molar-refractivity contribution in [2.24, 2.45) is 28.6 Å². The minimum atomic E-state index is -1.35. The van der Waals surface area contributed by atoms with Crippen molar-refractivity contribution in [2.45, 2.75) is 96.4 Å². The van der Waals surface area contributed by atoms with Gasteiger partial charge in [0.1, 0.15) is 23.1 Å². The first kappa shape index (κ1) is 21.0. The molecule has 162 valence electrons. The lowest BCUT2D eigenvalue weighted by molar-refractivity contribution is -0.258. The first-order chi connectivity index (χ1) is 13.4. The highest BCUT2D eigenvalue weighted by Crippen LogP contribution is 2.69. The van der Waals surface area contributed by atoms with Crippen molar-refractivity contribution in [1.29, 1.82) is 0 Å². The number of ether oxygens (including phenoxy) is 1. The zero-order valence-corrected chi connectivity index (χ0v) is 18.0. The van der Waals surface area contributed by atoms with Gasteiger partial charge in [-0.1, -0.05) is 13.8 Å². The van der Waals surface area contributed by atoms with Gasteiger partial charge in [0.2, 0.25) is 0 Å². The van der Waals surface area contributed by atoms with Gasteiger partial charge in [0.05, 0.1) is 0 Å². The average molecular weight is 407 g/mol. The molecule has 0 aromatic rings. The van der Waals surface area contributed by atoms with Gasteiger partial charge < -0.3 is 14.9 Å². The Morgan fingerprint density at radius 2 is 1.62 bits per heavy atom. The highest BCUT2D eigenvalue weighted by Gasteiger charge is 2.71. The van der Waals surface area contributed by atoms with Crippen molar-refractivity contribution in [3.05, 3.63) is 0 Å². The molecule has 0 unspecified atom stereocenters. The number of rotatable bonds is 2. The van der Waals surface area contributed by atoms with Crippen LogP contribution in [0.4, 0.5) is 0 Å². The number of carbonyl (C=O) groups is 3. The molecule has 0 bridgehead atoms. The number of aliphatic hydroxyl groups is 2. The molecule has 0 radical (unpaired) electrons. The van der Waals surface area contributed by atoms with Gasteiger partial charge >= 0.3 is 5.97 Å². The zero-order valence-electron chi connectivity index (χ0n) is 18.0. The molecule has 4 fully saturated rings. The summed E-state index contributed by atoms with van der Waals surface area (Å²) >= 11 is 0. The predicted molar refractivity (Wildman–Crippen MR) is 105 cm³/mol. The van der Waals surface area contributed by atoms with Gasteiger partial charge in [-0.3, -0.25) is 14.4 Å².